The summed E-state index contributed by atoms with van der Waals surface area (Å²) in [4.78, 5) is 1.44. The third-order valence-electron chi connectivity index (χ3n) is 4.45. The van der Waals surface area contributed by atoms with Crippen LogP contribution in [0.2, 0.25) is 0 Å². The lowest BCUT2D eigenvalue weighted by Crippen LogP contribution is -2.41. The molecule has 1 aliphatic heterocycles. The van der Waals surface area contributed by atoms with E-state index in [1.807, 2.05) is 63.2 Å². The van der Waals surface area contributed by atoms with E-state index >= 15 is 0 Å². The molecule has 1 aliphatic rings. The zero-order valence-electron chi connectivity index (χ0n) is 14.8. The maximum absolute atomic E-state index is 13.2. The van der Waals surface area contributed by atoms with Gasteiger partial charge in [0, 0.05) is 10.6 Å². The van der Waals surface area contributed by atoms with E-state index in [0.717, 1.165) is 16.9 Å². The molecule has 5 heteroatoms. The van der Waals surface area contributed by atoms with E-state index in [-0.39, 0.29) is 5.25 Å². The summed E-state index contributed by atoms with van der Waals surface area (Å²) in [5.41, 5.74) is 1.18. The second kappa shape index (κ2) is 6.54. The number of nitrogens with zero attached hydrogens (tertiary/aromatic N) is 1. The molecule has 2 aromatic carbocycles. The molecular weight excluding hydrogens is 350 g/mol. The Bertz CT molecular complexity index is 872. The van der Waals surface area contributed by atoms with Crippen LogP contribution in [0.1, 0.15) is 25.8 Å². The zero-order chi connectivity index (χ0) is 18.2. The van der Waals surface area contributed by atoms with Crippen LogP contribution in [-0.4, -0.2) is 23.5 Å². The Kier molecular flexibility index (Phi) is 4.73. The Morgan fingerprint density at radius 1 is 1.08 bits per heavy atom. The first-order valence-corrected chi connectivity index (χ1v) is 10.6. The molecule has 0 saturated carbocycles. The highest BCUT2D eigenvalue weighted by molar-refractivity contribution is 8.00. The summed E-state index contributed by atoms with van der Waals surface area (Å²) in [6.07, 6.45) is 0.733. The number of rotatable bonds is 4. The highest BCUT2D eigenvalue weighted by Gasteiger charge is 2.47. The Morgan fingerprint density at radius 2 is 1.68 bits per heavy atom. The second-order valence-corrected chi connectivity index (χ2v) is 10.1. The van der Waals surface area contributed by atoms with Crippen molar-refractivity contribution >= 4 is 21.8 Å². The van der Waals surface area contributed by atoms with Gasteiger partial charge in [0.2, 0.25) is 0 Å². The van der Waals surface area contributed by atoms with Gasteiger partial charge < -0.3 is 0 Å². The topological polar surface area (TPSA) is 37.4 Å². The SMILES string of the molecule is C=C1C(Sc2ccccc2)CC(C)(C)N1S(=O)(=O)c1ccc(C)cc1. The molecule has 0 radical (unpaired) electrons. The molecule has 132 valence electrons. The molecule has 0 bridgehead atoms. The van der Waals surface area contributed by atoms with E-state index in [1.165, 1.54) is 4.31 Å². The largest absolute Gasteiger partial charge is 0.264 e. The third-order valence-corrected chi connectivity index (χ3v) is 7.79. The minimum Gasteiger partial charge on any atom is -0.264 e. The van der Waals surface area contributed by atoms with Gasteiger partial charge in [-0.15, -0.1) is 11.8 Å². The summed E-state index contributed by atoms with van der Waals surface area (Å²) < 4.78 is 28.0. The van der Waals surface area contributed by atoms with Crippen LogP contribution >= 0.6 is 11.8 Å². The molecule has 1 unspecified atom stereocenters. The monoisotopic (exact) mass is 373 g/mol. The fraction of sp³-hybridized carbons (Fsp3) is 0.300. The standard InChI is InChI=1S/C20H23NO2S2/c1-15-10-12-18(13-11-15)25(22,23)21-16(2)19(14-20(21,3)4)24-17-8-6-5-7-9-17/h5-13,19H,2,14H2,1,3-4H3. The van der Waals surface area contributed by atoms with Gasteiger partial charge in [0.1, 0.15) is 0 Å². The molecule has 1 atom stereocenters. The minimum absolute atomic E-state index is 0.0395. The quantitative estimate of drug-likeness (QED) is 0.769. The van der Waals surface area contributed by atoms with Crippen LogP contribution in [0.4, 0.5) is 0 Å². The van der Waals surface area contributed by atoms with Gasteiger partial charge in [0.05, 0.1) is 15.7 Å². The van der Waals surface area contributed by atoms with Gasteiger partial charge in [-0.2, -0.15) is 0 Å². The van der Waals surface area contributed by atoms with E-state index in [0.29, 0.717) is 10.6 Å². The number of aryl methyl sites for hydroxylation is 1. The number of sulfonamides is 1. The predicted molar refractivity (Wildman–Crippen MR) is 104 cm³/mol. The summed E-state index contributed by atoms with van der Waals surface area (Å²) in [5.74, 6) is 0. The van der Waals surface area contributed by atoms with Crippen molar-refractivity contribution in [2.75, 3.05) is 0 Å². The van der Waals surface area contributed by atoms with Gasteiger partial charge in [-0.3, -0.25) is 4.31 Å². The fourth-order valence-electron chi connectivity index (χ4n) is 3.24. The Morgan fingerprint density at radius 3 is 2.28 bits per heavy atom. The highest BCUT2D eigenvalue weighted by Crippen LogP contribution is 2.46. The number of hydrogen-bond acceptors (Lipinski definition) is 3. The van der Waals surface area contributed by atoms with Gasteiger partial charge in [-0.25, -0.2) is 8.42 Å². The molecule has 1 saturated heterocycles. The summed E-state index contributed by atoms with van der Waals surface area (Å²) in [7, 11) is -3.62. The Hall–Kier alpha value is -1.72. The first kappa shape index (κ1) is 18.1. The van der Waals surface area contributed by atoms with Crippen LogP contribution in [0, 0.1) is 6.92 Å². The molecule has 0 N–H and O–H groups in total. The summed E-state index contributed by atoms with van der Waals surface area (Å²) in [6.45, 7) is 10.0. The Labute approximate surface area is 154 Å². The van der Waals surface area contributed by atoms with Crippen LogP contribution in [0.5, 0.6) is 0 Å². The van der Waals surface area contributed by atoms with Crippen molar-refractivity contribution in [1.82, 2.24) is 4.31 Å². The molecule has 2 aromatic rings. The van der Waals surface area contributed by atoms with Gasteiger partial charge >= 0.3 is 0 Å². The van der Waals surface area contributed by atoms with Crippen molar-refractivity contribution in [2.24, 2.45) is 0 Å². The Balaban J connectivity index is 1.93. The normalized spacial score (nSPS) is 20.0. The molecule has 0 amide bonds. The van der Waals surface area contributed by atoms with E-state index in [1.54, 1.807) is 23.9 Å². The molecule has 0 aromatic heterocycles. The maximum atomic E-state index is 13.2. The summed E-state index contributed by atoms with van der Waals surface area (Å²) in [5, 5.41) is 0.0395. The van der Waals surface area contributed by atoms with Crippen LogP contribution in [-0.2, 0) is 10.0 Å². The highest BCUT2D eigenvalue weighted by atomic mass is 32.2. The van der Waals surface area contributed by atoms with E-state index in [4.69, 9.17) is 0 Å². The van der Waals surface area contributed by atoms with Gasteiger partial charge in [-0.05, 0) is 51.5 Å². The molecular formula is C20H23NO2S2. The van der Waals surface area contributed by atoms with Crippen molar-refractivity contribution in [1.29, 1.82) is 0 Å². The molecule has 0 spiro atoms. The molecule has 3 nitrogen and oxygen atoms in total. The lowest BCUT2D eigenvalue weighted by atomic mass is 10.0. The summed E-state index contributed by atoms with van der Waals surface area (Å²) in [6, 6.07) is 17.1. The van der Waals surface area contributed by atoms with Gasteiger partial charge in [0.25, 0.3) is 10.0 Å². The van der Waals surface area contributed by atoms with Crippen molar-refractivity contribution in [3.05, 3.63) is 72.4 Å². The first-order chi connectivity index (χ1) is 11.7. The van der Waals surface area contributed by atoms with Gasteiger partial charge in [0.15, 0.2) is 0 Å². The van der Waals surface area contributed by atoms with Crippen molar-refractivity contribution in [2.45, 2.75) is 47.8 Å². The van der Waals surface area contributed by atoms with E-state index in [9.17, 15) is 8.42 Å². The molecule has 3 rings (SSSR count). The number of benzene rings is 2. The average molecular weight is 374 g/mol. The lowest BCUT2D eigenvalue weighted by Gasteiger charge is -2.32. The smallest absolute Gasteiger partial charge is 0.264 e. The molecule has 1 fully saturated rings. The molecule has 25 heavy (non-hydrogen) atoms. The molecule has 0 aliphatic carbocycles. The van der Waals surface area contributed by atoms with Crippen LogP contribution < -0.4 is 0 Å². The summed E-state index contributed by atoms with van der Waals surface area (Å²) >= 11 is 1.67. The van der Waals surface area contributed by atoms with Crippen LogP contribution in [0.15, 0.2) is 76.7 Å². The fourth-order valence-corrected chi connectivity index (χ4v) is 6.54. The van der Waals surface area contributed by atoms with E-state index in [2.05, 4.69) is 6.58 Å². The van der Waals surface area contributed by atoms with Crippen LogP contribution in [0.25, 0.3) is 0 Å². The predicted octanol–water partition coefficient (Wildman–Crippen LogP) is 4.84. The van der Waals surface area contributed by atoms with E-state index < -0.39 is 15.6 Å². The van der Waals surface area contributed by atoms with Crippen molar-refractivity contribution < 1.29 is 8.42 Å². The maximum Gasteiger partial charge on any atom is 0.264 e. The third kappa shape index (κ3) is 3.48. The second-order valence-electron chi connectivity index (χ2n) is 7.01. The number of thioether (sulfide) groups is 1. The van der Waals surface area contributed by atoms with Crippen molar-refractivity contribution in [3.8, 4) is 0 Å². The minimum atomic E-state index is -3.62. The van der Waals surface area contributed by atoms with Crippen LogP contribution in [0.3, 0.4) is 0 Å². The van der Waals surface area contributed by atoms with Crippen molar-refractivity contribution in [3.63, 3.8) is 0 Å². The number of hydrogen-bond donors (Lipinski definition) is 0. The zero-order valence-corrected chi connectivity index (χ0v) is 16.4. The lowest BCUT2D eigenvalue weighted by molar-refractivity contribution is 0.317. The average Bonchev–Trinajstić information content (AvgIpc) is 2.78. The molecule has 1 heterocycles. The first-order valence-electron chi connectivity index (χ1n) is 8.24. The van der Waals surface area contributed by atoms with Gasteiger partial charge in [-0.1, -0.05) is 42.5 Å².